The highest BCUT2D eigenvalue weighted by molar-refractivity contribution is 6.04. The molecule has 0 atom stereocenters. The highest BCUT2D eigenvalue weighted by Gasteiger charge is 2.06. The van der Waals surface area contributed by atoms with Gasteiger partial charge in [0, 0.05) is 5.56 Å². The summed E-state index contributed by atoms with van der Waals surface area (Å²) < 4.78 is 5.19. The second kappa shape index (κ2) is 4.61. The molecule has 0 fully saturated rings. The van der Waals surface area contributed by atoms with Crippen LogP contribution in [0.3, 0.4) is 0 Å². The van der Waals surface area contributed by atoms with E-state index in [1.54, 1.807) is 19.2 Å². The Morgan fingerprint density at radius 3 is 2.79 bits per heavy atom. The fraction of sp³-hybridized carbons (Fsp3) is 0.250. The Balaban J connectivity index is 3.13. The van der Waals surface area contributed by atoms with E-state index in [-0.39, 0.29) is 5.78 Å². The molecular weight excluding hydrogens is 176 g/mol. The summed E-state index contributed by atoms with van der Waals surface area (Å²) in [6.07, 6.45) is 2.20. The molecule has 0 amide bonds. The second-order valence-corrected chi connectivity index (χ2v) is 2.95. The first-order valence-corrected chi connectivity index (χ1v) is 4.56. The summed E-state index contributed by atoms with van der Waals surface area (Å²) >= 11 is 0. The average Bonchev–Trinajstić information content (AvgIpc) is 2.26. The van der Waals surface area contributed by atoms with E-state index >= 15 is 0 Å². The number of carbonyl (C=O) groups is 1. The van der Waals surface area contributed by atoms with Gasteiger partial charge in [0.1, 0.15) is 5.75 Å². The van der Waals surface area contributed by atoms with Crippen LogP contribution in [0.15, 0.2) is 30.9 Å². The number of ketones is 1. The summed E-state index contributed by atoms with van der Waals surface area (Å²) in [6.45, 7) is 5.49. The van der Waals surface area contributed by atoms with Crippen molar-refractivity contribution in [2.24, 2.45) is 0 Å². The maximum Gasteiger partial charge on any atom is 0.185 e. The molecule has 2 nitrogen and oxygen atoms in total. The van der Waals surface area contributed by atoms with Gasteiger partial charge < -0.3 is 4.74 Å². The molecule has 0 radical (unpaired) electrons. The van der Waals surface area contributed by atoms with Gasteiger partial charge >= 0.3 is 0 Å². The van der Waals surface area contributed by atoms with Crippen LogP contribution in [-0.2, 0) is 6.42 Å². The smallest absolute Gasteiger partial charge is 0.185 e. The Bertz CT molecular complexity index is 353. The molecule has 14 heavy (non-hydrogen) atoms. The quantitative estimate of drug-likeness (QED) is 0.539. The summed E-state index contributed by atoms with van der Waals surface area (Å²) in [6, 6.07) is 5.46. The summed E-state index contributed by atoms with van der Waals surface area (Å²) in [5.41, 5.74) is 1.72. The normalized spacial score (nSPS) is 9.57. The molecule has 0 saturated carbocycles. The molecule has 0 unspecified atom stereocenters. The van der Waals surface area contributed by atoms with E-state index in [1.165, 1.54) is 6.08 Å². The second-order valence-electron chi connectivity index (χ2n) is 2.95. The molecule has 0 spiro atoms. The van der Waals surface area contributed by atoms with Crippen molar-refractivity contribution in [3.8, 4) is 5.75 Å². The fourth-order valence-corrected chi connectivity index (χ4v) is 1.31. The maximum atomic E-state index is 11.3. The van der Waals surface area contributed by atoms with Gasteiger partial charge in [-0.2, -0.15) is 0 Å². The number of allylic oxidation sites excluding steroid dienone is 1. The third-order valence-corrected chi connectivity index (χ3v) is 2.14. The minimum atomic E-state index is -0.0778. The minimum absolute atomic E-state index is 0.0778. The maximum absolute atomic E-state index is 11.3. The van der Waals surface area contributed by atoms with Crippen molar-refractivity contribution < 1.29 is 9.53 Å². The molecule has 1 aromatic carbocycles. The predicted molar refractivity (Wildman–Crippen MR) is 56.9 cm³/mol. The van der Waals surface area contributed by atoms with Gasteiger partial charge in [-0.1, -0.05) is 25.6 Å². The first-order valence-electron chi connectivity index (χ1n) is 4.56. The van der Waals surface area contributed by atoms with Crippen LogP contribution in [0.4, 0.5) is 0 Å². The van der Waals surface area contributed by atoms with Gasteiger partial charge in [-0.15, -0.1) is 0 Å². The van der Waals surface area contributed by atoms with Crippen molar-refractivity contribution in [2.45, 2.75) is 13.3 Å². The molecule has 0 aliphatic carbocycles. The Kier molecular flexibility index (Phi) is 3.46. The monoisotopic (exact) mass is 190 g/mol. The molecule has 1 aromatic rings. The molecule has 0 aliphatic rings. The molecule has 0 aromatic heterocycles. The first-order chi connectivity index (χ1) is 6.72. The number of methoxy groups -OCH3 is 1. The van der Waals surface area contributed by atoms with E-state index in [1.807, 2.05) is 13.0 Å². The van der Waals surface area contributed by atoms with E-state index < -0.39 is 0 Å². The topological polar surface area (TPSA) is 26.3 Å². The molecule has 0 N–H and O–H groups in total. The van der Waals surface area contributed by atoms with Crippen molar-refractivity contribution in [3.05, 3.63) is 42.0 Å². The number of rotatable bonds is 4. The number of benzene rings is 1. The van der Waals surface area contributed by atoms with Gasteiger partial charge in [0.2, 0.25) is 0 Å². The average molecular weight is 190 g/mol. The fourth-order valence-electron chi connectivity index (χ4n) is 1.31. The van der Waals surface area contributed by atoms with E-state index in [9.17, 15) is 4.79 Å². The van der Waals surface area contributed by atoms with Crippen LogP contribution in [0.5, 0.6) is 5.75 Å². The van der Waals surface area contributed by atoms with Crippen LogP contribution in [0, 0.1) is 0 Å². The largest absolute Gasteiger partial charge is 0.496 e. The van der Waals surface area contributed by atoms with E-state index in [0.717, 1.165) is 17.7 Å². The van der Waals surface area contributed by atoms with E-state index in [0.29, 0.717) is 5.56 Å². The van der Waals surface area contributed by atoms with Crippen LogP contribution in [-0.4, -0.2) is 12.9 Å². The number of aryl methyl sites for hydroxylation is 1. The van der Waals surface area contributed by atoms with Crippen molar-refractivity contribution in [2.75, 3.05) is 7.11 Å². The number of ether oxygens (including phenoxy) is 1. The van der Waals surface area contributed by atoms with Crippen LogP contribution in [0.25, 0.3) is 0 Å². The van der Waals surface area contributed by atoms with Gasteiger partial charge in [0.05, 0.1) is 7.11 Å². The highest BCUT2D eigenvalue weighted by atomic mass is 16.5. The molecular formula is C12H14O2. The molecule has 0 saturated heterocycles. The number of hydrogen-bond acceptors (Lipinski definition) is 2. The van der Waals surface area contributed by atoms with Gasteiger partial charge in [0.15, 0.2) is 5.78 Å². The summed E-state index contributed by atoms with van der Waals surface area (Å²) in [4.78, 5) is 11.3. The zero-order valence-electron chi connectivity index (χ0n) is 8.54. The van der Waals surface area contributed by atoms with Crippen molar-refractivity contribution in [1.82, 2.24) is 0 Å². The lowest BCUT2D eigenvalue weighted by Crippen LogP contribution is -1.97. The Labute approximate surface area is 84.2 Å². The minimum Gasteiger partial charge on any atom is -0.496 e. The molecule has 74 valence electrons. The van der Waals surface area contributed by atoms with Crippen LogP contribution >= 0.6 is 0 Å². The van der Waals surface area contributed by atoms with Crippen molar-refractivity contribution >= 4 is 5.78 Å². The molecule has 0 heterocycles. The lowest BCUT2D eigenvalue weighted by Gasteiger charge is -2.07. The third kappa shape index (κ3) is 2.02. The predicted octanol–water partition coefficient (Wildman–Crippen LogP) is 2.63. The Hall–Kier alpha value is -1.57. The highest BCUT2D eigenvalue weighted by Crippen LogP contribution is 2.20. The van der Waals surface area contributed by atoms with Crippen LogP contribution in [0.1, 0.15) is 22.8 Å². The van der Waals surface area contributed by atoms with Crippen molar-refractivity contribution in [3.63, 3.8) is 0 Å². The zero-order chi connectivity index (χ0) is 10.6. The number of hydrogen-bond donors (Lipinski definition) is 0. The lowest BCUT2D eigenvalue weighted by molar-refractivity contribution is 0.104. The standard InChI is InChI=1S/C12H14O2/c1-4-9-6-7-10(11(13)5-2)8-12(9)14-3/h5-8H,2,4H2,1,3H3. The summed E-state index contributed by atoms with van der Waals surface area (Å²) in [5, 5.41) is 0. The van der Waals surface area contributed by atoms with Crippen molar-refractivity contribution in [1.29, 1.82) is 0 Å². The van der Waals surface area contributed by atoms with Gasteiger partial charge in [-0.3, -0.25) is 4.79 Å². The Morgan fingerprint density at radius 2 is 2.29 bits per heavy atom. The first kappa shape index (κ1) is 10.5. The molecule has 0 aliphatic heterocycles. The van der Waals surface area contributed by atoms with Crippen LogP contribution in [0.2, 0.25) is 0 Å². The third-order valence-electron chi connectivity index (χ3n) is 2.14. The van der Waals surface area contributed by atoms with Gasteiger partial charge in [0.25, 0.3) is 0 Å². The SMILES string of the molecule is C=CC(=O)c1ccc(CC)c(OC)c1. The molecule has 2 heteroatoms. The van der Waals surface area contributed by atoms with E-state index in [2.05, 4.69) is 6.58 Å². The van der Waals surface area contributed by atoms with Crippen LogP contribution < -0.4 is 4.74 Å². The molecule has 1 rings (SSSR count). The van der Waals surface area contributed by atoms with E-state index in [4.69, 9.17) is 4.74 Å². The number of carbonyl (C=O) groups excluding carboxylic acids is 1. The lowest BCUT2D eigenvalue weighted by atomic mass is 10.1. The summed E-state index contributed by atoms with van der Waals surface area (Å²) in [5.74, 6) is 0.686. The van der Waals surface area contributed by atoms with Gasteiger partial charge in [-0.25, -0.2) is 0 Å². The summed E-state index contributed by atoms with van der Waals surface area (Å²) in [7, 11) is 1.61. The Morgan fingerprint density at radius 1 is 1.57 bits per heavy atom. The van der Waals surface area contributed by atoms with Gasteiger partial charge in [-0.05, 0) is 24.1 Å². The zero-order valence-corrected chi connectivity index (χ0v) is 8.54. The molecule has 0 bridgehead atoms.